The molecule has 34 heavy (non-hydrogen) atoms. The van der Waals surface area contributed by atoms with Crippen LogP contribution in [0.4, 0.5) is 0 Å². The fraction of sp³-hybridized carbons (Fsp3) is 0.435. The third-order valence-electron chi connectivity index (χ3n) is 2.83. The number of aromatic hydroxyl groups is 1. The molecule has 0 amide bonds. The number of benzene rings is 2. The van der Waals surface area contributed by atoms with Crippen LogP contribution in [0.15, 0.2) is 47.4 Å². The molecule has 0 bridgehead atoms. The van der Waals surface area contributed by atoms with Crippen molar-refractivity contribution in [2.45, 2.75) is 64.7 Å². The zero-order chi connectivity index (χ0) is 26.4. The van der Waals surface area contributed by atoms with Crippen LogP contribution in [0.5, 0.6) is 11.5 Å². The molecule has 2 aromatic rings. The third kappa shape index (κ3) is 17.7. The van der Waals surface area contributed by atoms with Crippen LogP contribution >= 0.6 is 0 Å². The Balaban J connectivity index is -0.000000618. The van der Waals surface area contributed by atoms with E-state index in [1.54, 1.807) is 59.7 Å². The van der Waals surface area contributed by atoms with E-state index in [4.69, 9.17) is 4.74 Å². The van der Waals surface area contributed by atoms with Gasteiger partial charge in [-0.3, -0.25) is 4.79 Å². The van der Waals surface area contributed by atoms with Gasteiger partial charge in [-0.15, -0.1) is 18.3 Å². The molecule has 0 aromatic heterocycles. The van der Waals surface area contributed by atoms with Crippen LogP contribution in [-0.4, -0.2) is 49.3 Å². The molecule has 0 fully saturated rings. The van der Waals surface area contributed by atoms with Gasteiger partial charge in [0.15, 0.2) is 5.78 Å². The molecule has 188 valence electrons. The van der Waals surface area contributed by atoms with E-state index < -0.39 is 44.9 Å². The first-order valence-electron chi connectivity index (χ1n) is 9.98. The number of hydrogen-bond acceptors (Lipinski definition) is 9. The van der Waals surface area contributed by atoms with E-state index in [0.29, 0.717) is 0 Å². The summed E-state index contributed by atoms with van der Waals surface area (Å²) in [5, 5.41) is 38.4. The molecule has 0 unspecified atom stereocenters. The number of rotatable bonds is 4. The number of carbonyl (C=O) groups excluding carboxylic acids is 1. The Morgan fingerprint density at radius 3 is 1.59 bits per heavy atom. The van der Waals surface area contributed by atoms with E-state index in [0.717, 1.165) is 19.2 Å². The quantitative estimate of drug-likeness (QED) is 0.339. The summed E-state index contributed by atoms with van der Waals surface area (Å²) >= 11 is 0. The van der Waals surface area contributed by atoms with Crippen LogP contribution in [0.2, 0.25) is 0 Å². The Bertz CT molecular complexity index is 906. The van der Waals surface area contributed by atoms with Gasteiger partial charge in [-0.25, -0.2) is 8.42 Å². The average molecular weight is 532 g/mol. The summed E-state index contributed by atoms with van der Waals surface area (Å²) < 4.78 is 38.4. The minimum absolute atomic E-state index is 0. The fourth-order valence-corrected chi connectivity index (χ4v) is 2.48. The van der Waals surface area contributed by atoms with Gasteiger partial charge in [0.25, 0.3) is 0 Å². The maximum atomic E-state index is 12.2. The molecule has 9 nitrogen and oxygen atoms in total. The number of ether oxygens (including phenoxy) is 1. The number of methoxy groups -OCH3 is 1. The van der Waals surface area contributed by atoms with Crippen molar-refractivity contribution in [2.75, 3.05) is 7.11 Å². The summed E-state index contributed by atoms with van der Waals surface area (Å²) in [5.74, 6) is -1.37. The van der Waals surface area contributed by atoms with Crippen molar-refractivity contribution in [3.05, 3.63) is 53.6 Å². The Labute approximate surface area is 217 Å². The summed E-state index contributed by atoms with van der Waals surface area (Å²) in [5.41, 5.74) is -0.0244. The third-order valence-corrected chi connectivity index (χ3v) is 3.69. The molecular weight excluding hydrogens is 500 g/mol. The van der Waals surface area contributed by atoms with Crippen LogP contribution in [0.25, 0.3) is 0 Å². The largest absolute Gasteiger partial charge is 4.00 e. The van der Waals surface area contributed by atoms with Gasteiger partial charge in [0.1, 0.15) is 21.6 Å². The molecule has 2 aromatic carbocycles. The van der Waals surface area contributed by atoms with E-state index in [-0.39, 0.29) is 38.6 Å². The molecule has 0 saturated carbocycles. The molecule has 11 heteroatoms. The van der Waals surface area contributed by atoms with Crippen molar-refractivity contribution in [1.29, 1.82) is 0 Å². The fourth-order valence-electron chi connectivity index (χ4n) is 1.83. The van der Waals surface area contributed by atoms with E-state index >= 15 is 0 Å². The maximum absolute atomic E-state index is 12.2. The van der Waals surface area contributed by atoms with Crippen LogP contribution in [0.1, 0.15) is 57.5 Å². The molecule has 0 heterocycles. The average Bonchev–Trinajstić information content (AvgIpc) is 2.65. The summed E-state index contributed by atoms with van der Waals surface area (Å²) in [6, 6.07) is 9.73. The van der Waals surface area contributed by atoms with E-state index in [1.807, 2.05) is 0 Å². The normalized spacial score (nSPS) is 10.1. The van der Waals surface area contributed by atoms with E-state index in [2.05, 4.69) is 0 Å². The zero-order valence-electron chi connectivity index (χ0n) is 20.4. The van der Waals surface area contributed by atoms with Gasteiger partial charge >= 0.3 is 21.7 Å². The predicted molar refractivity (Wildman–Crippen MR) is 118 cm³/mol. The van der Waals surface area contributed by atoms with Gasteiger partial charge in [-0.1, -0.05) is 71.9 Å². The second kappa shape index (κ2) is 18.5. The van der Waals surface area contributed by atoms with Gasteiger partial charge in [0.05, 0.1) is 17.6 Å². The number of phenolic OH excluding ortho intramolecular Hbond substituents is 1. The van der Waals surface area contributed by atoms with Crippen molar-refractivity contribution in [2.24, 2.45) is 0 Å². The molecule has 0 saturated heterocycles. The summed E-state index contributed by atoms with van der Waals surface area (Å²) in [6.07, 6.45) is -1.25. The minimum Gasteiger partial charge on any atom is -0.852 e. The van der Waals surface area contributed by atoms with Gasteiger partial charge in [0, 0.05) is 11.6 Å². The SMILES string of the molecule is CC(C)[O-].CC(C)[O-].CC(C)[O-].COc1cc(O)c(C(=O)c2ccccc2)cc1S(=O)(=O)[O-].[Ti+4]. The van der Waals surface area contributed by atoms with E-state index in [9.17, 15) is 38.2 Å². The standard InChI is InChI=1S/C14H12O6S.3C3H7O.Ti/c1-20-12-8-11(15)10(7-13(12)21(17,18)19)14(16)9-5-3-2-4-6-9;3*1-3(2)4;/h2-8,15H,1H3,(H,17,18,19);3*3H,1-2H3;/q;3*-1;+4/p-1. The van der Waals surface area contributed by atoms with Crippen LogP contribution in [-0.2, 0) is 31.8 Å². The van der Waals surface area contributed by atoms with Crippen molar-refractivity contribution < 1.29 is 64.6 Å². The van der Waals surface area contributed by atoms with E-state index in [1.165, 1.54) is 12.1 Å². The minimum atomic E-state index is -4.84. The van der Waals surface area contributed by atoms with Crippen molar-refractivity contribution in [1.82, 2.24) is 0 Å². The summed E-state index contributed by atoms with van der Waals surface area (Å²) in [4.78, 5) is 11.6. The van der Waals surface area contributed by atoms with Crippen molar-refractivity contribution in [3.63, 3.8) is 0 Å². The number of carbonyl (C=O) groups is 1. The van der Waals surface area contributed by atoms with Gasteiger partial charge in [-0.2, -0.15) is 0 Å². The zero-order valence-corrected chi connectivity index (χ0v) is 22.8. The maximum Gasteiger partial charge on any atom is 4.00 e. The first-order chi connectivity index (χ1) is 15.0. The number of ketones is 1. The first kappa shape index (κ1) is 36.8. The molecule has 0 radical (unpaired) electrons. The second-order valence-corrected chi connectivity index (χ2v) is 8.66. The van der Waals surface area contributed by atoms with Crippen molar-refractivity contribution in [3.8, 4) is 11.5 Å². The Hall–Kier alpha value is -1.79. The molecule has 1 N–H and O–H groups in total. The first-order valence-corrected chi connectivity index (χ1v) is 11.4. The van der Waals surface area contributed by atoms with Gasteiger partial charge in [0.2, 0.25) is 0 Å². The summed E-state index contributed by atoms with van der Waals surface area (Å²) in [6.45, 7) is 9.67. The second-order valence-electron chi connectivity index (χ2n) is 7.32. The number of hydrogen-bond donors (Lipinski definition) is 1. The van der Waals surface area contributed by atoms with Gasteiger partial charge < -0.3 is 29.7 Å². The number of phenols is 1. The van der Waals surface area contributed by atoms with Crippen LogP contribution in [0.3, 0.4) is 0 Å². The smallest absolute Gasteiger partial charge is 0.852 e. The Morgan fingerprint density at radius 2 is 1.26 bits per heavy atom. The molecular formula is C23H32O9STi. The molecule has 2 rings (SSSR count). The monoisotopic (exact) mass is 532 g/mol. The molecule has 0 aliphatic carbocycles. The molecule has 0 atom stereocenters. The predicted octanol–water partition coefficient (Wildman–Crippen LogP) is 0.799. The van der Waals surface area contributed by atoms with Gasteiger partial charge in [-0.05, 0) is 6.07 Å². The van der Waals surface area contributed by atoms with Crippen LogP contribution < -0.4 is 20.1 Å². The van der Waals surface area contributed by atoms with Crippen molar-refractivity contribution >= 4 is 15.9 Å². The Kier molecular flexibility index (Phi) is 20.0. The molecule has 0 aliphatic rings. The molecule has 0 spiro atoms. The molecule has 0 aliphatic heterocycles. The van der Waals surface area contributed by atoms with Crippen LogP contribution in [0, 0.1) is 0 Å². The topological polar surface area (TPSA) is 173 Å². The Morgan fingerprint density at radius 1 is 0.882 bits per heavy atom. The summed E-state index contributed by atoms with van der Waals surface area (Å²) in [7, 11) is -3.68.